The van der Waals surface area contributed by atoms with Gasteiger partial charge in [0.1, 0.15) is 11.8 Å². The maximum absolute atomic E-state index is 11.9. The van der Waals surface area contributed by atoms with Crippen LogP contribution in [0.25, 0.3) is 0 Å². The summed E-state index contributed by atoms with van der Waals surface area (Å²) in [5.41, 5.74) is 3.27. The first-order valence-electron chi connectivity index (χ1n) is 3.94. The lowest BCUT2D eigenvalue weighted by Gasteiger charge is -2.11. The molecule has 1 aromatic rings. The molecule has 0 aliphatic carbocycles. The Balaban J connectivity index is 3.34. The van der Waals surface area contributed by atoms with E-state index >= 15 is 0 Å². The first-order chi connectivity index (χ1) is 7.74. The highest BCUT2D eigenvalue weighted by Crippen LogP contribution is 2.29. The number of rotatable bonds is 2. The summed E-state index contributed by atoms with van der Waals surface area (Å²) in [6.45, 7) is 0. The molecule has 0 amide bonds. The molecule has 0 radical (unpaired) electrons. The van der Waals surface area contributed by atoms with E-state index in [1.807, 2.05) is 0 Å². The summed E-state index contributed by atoms with van der Waals surface area (Å²) < 4.78 is 39.2. The van der Waals surface area contributed by atoms with Gasteiger partial charge in [0.15, 0.2) is 5.69 Å². The van der Waals surface area contributed by atoms with E-state index in [-0.39, 0.29) is 0 Å². The van der Waals surface area contributed by atoms with Crippen LogP contribution in [0.3, 0.4) is 0 Å². The predicted octanol–water partition coefficient (Wildman–Crippen LogP) is 1.13. The number of anilines is 1. The number of nitrogen functional groups attached to an aromatic ring is 1. The highest BCUT2D eigenvalue weighted by Gasteiger charge is 2.33. The van der Waals surface area contributed by atoms with Gasteiger partial charge in [0.05, 0.1) is 5.56 Å². The fourth-order valence-corrected chi connectivity index (χ4v) is 0.921. The minimum absolute atomic E-state index is 0.461. The standard InChI is InChI=1S/C8H4F3N3O3/c9-8(10,11)17-6-5(13)3(2-12)1-4(14-6)7(15)16/h1H,13H2,(H,15,16). The van der Waals surface area contributed by atoms with Crippen LogP contribution in [0.2, 0.25) is 0 Å². The summed E-state index contributed by atoms with van der Waals surface area (Å²) in [6.07, 6.45) is -5.08. The predicted molar refractivity (Wildman–Crippen MR) is 47.0 cm³/mol. The zero-order chi connectivity index (χ0) is 13.2. The summed E-state index contributed by atoms with van der Waals surface area (Å²) >= 11 is 0. The normalized spacial score (nSPS) is 10.7. The van der Waals surface area contributed by atoms with Crippen LogP contribution in [0.4, 0.5) is 18.9 Å². The third-order valence-electron chi connectivity index (χ3n) is 1.58. The van der Waals surface area contributed by atoms with E-state index < -0.39 is 35.2 Å². The van der Waals surface area contributed by atoms with Crippen molar-refractivity contribution in [2.24, 2.45) is 0 Å². The number of hydrogen-bond donors (Lipinski definition) is 2. The van der Waals surface area contributed by atoms with Gasteiger partial charge >= 0.3 is 12.3 Å². The quantitative estimate of drug-likeness (QED) is 0.810. The monoisotopic (exact) mass is 247 g/mol. The molecule has 0 atom stereocenters. The summed E-state index contributed by atoms with van der Waals surface area (Å²) in [4.78, 5) is 13.6. The van der Waals surface area contributed by atoms with E-state index in [2.05, 4.69) is 9.72 Å². The molecule has 9 heteroatoms. The van der Waals surface area contributed by atoms with E-state index in [0.29, 0.717) is 0 Å². The number of aromatic nitrogens is 1. The van der Waals surface area contributed by atoms with Gasteiger partial charge in [-0.3, -0.25) is 0 Å². The maximum Gasteiger partial charge on any atom is 0.574 e. The molecule has 90 valence electrons. The Labute approximate surface area is 92.0 Å². The molecule has 3 N–H and O–H groups in total. The molecule has 0 aliphatic heterocycles. The highest BCUT2D eigenvalue weighted by atomic mass is 19.4. The number of carboxylic acid groups (broad SMARTS) is 1. The number of carbonyl (C=O) groups is 1. The summed E-state index contributed by atoms with van der Waals surface area (Å²) in [5, 5.41) is 17.1. The summed E-state index contributed by atoms with van der Waals surface area (Å²) in [5.74, 6) is -2.76. The van der Waals surface area contributed by atoms with Gasteiger partial charge in [-0.2, -0.15) is 5.26 Å². The van der Waals surface area contributed by atoms with Gasteiger partial charge in [-0.1, -0.05) is 0 Å². The number of nitriles is 1. The topological polar surface area (TPSA) is 109 Å². The van der Waals surface area contributed by atoms with Crippen molar-refractivity contribution in [2.45, 2.75) is 6.36 Å². The number of alkyl halides is 3. The molecule has 0 saturated carbocycles. The van der Waals surface area contributed by atoms with Crippen LogP contribution in [0.15, 0.2) is 6.07 Å². The summed E-state index contributed by atoms with van der Waals surface area (Å²) in [6, 6.07) is 2.19. The number of halogens is 3. The largest absolute Gasteiger partial charge is 0.574 e. The lowest BCUT2D eigenvalue weighted by molar-refractivity contribution is -0.275. The lowest BCUT2D eigenvalue weighted by atomic mass is 10.2. The molecule has 17 heavy (non-hydrogen) atoms. The minimum Gasteiger partial charge on any atom is -0.477 e. The van der Waals surface area contributed by atoms with Crippen LogP contribution in [-0.2, 0) is 0 Å². The lowest BCUT2D eigenvalue weighted by Crippen LogP contribution is -2.20. The van der Waals surface area contributed by atoms with Crippen molar-refractivity contribution in [2.75, 3.05) is 5.73 Å². The molecule has 0 aromatic carbocycles. The number of hydrogen-bond acceptors (Lipinski definition) is 5. The third-order valence-corrected chi connectivity index (χ3v) is 1.58. The number of pyridine rings is 1. The fourth-order valence-electron chi connectivity index (χ4n) is 0.921. The third kappa shape index (κ3) is 2.97. The molecule has 0 aliphatic rings. The molecule has 6 nitrogen and oxygen atoms in total. The van der Waals surface area contributed by atoms with Gasteiger partial charge in [0, 0.05) is 0 Å². The van der Waals surface area contributed by atoms with Crippen molar-refractivity contribution >= 4 is 11.7 Å². The van der Waals surface area contributed by atoms with Crippen LogP contribution in [0.5, 0.6) is 5.88 Å². The Bertz CT molecular complexity index is 507. The maximum atomic E-state index is 11.9. The second kappa shape index (κ2) is 4.17. The number of carboxylic acids is 1. The van der Waals surface area contributed by atoms with E-state index in [1.165, 1.54) is 6.07 Å². The van der Waals surface area contributed by atoms with Crippen LogP contribution in [0, 0.1) is 11.3 Å². The Hall–Kier alpha value is -2.50. The SMILES string of the molecule is N#Cc1cc(C(=O)O)nc(OC(F)(F)F)c1N. The Morgan fingerprint density at radius 3 is 2.59 bits per heavy atom. The molecule has 0 unspecified atom stereocenters. The Morgan fingerprint density at radius 2 is 2.18 bits per heavy atom. The van der Waals surface area contributed by atoms with Crippen molar-refractivity contribution in [3.63, 3.8) is 0 Å². The molecule has 1 rings (SSSR count). The van der Waals surface area contributed by atoms with Crippen LogP contribution >= 0.6 is 0 Å². The molecular formula is C8H4F3N3O3. The van der Waals surface area contributed by atoms with Gasteiger partial charge in [-0.25, -0.2) is 9.78 Å². The minimum atomic E-state index is -5.08. The van der Waals surface area contributed by atoms with Crippen molar-refractivity contribution in [1.82, 2.24) is 4.98 Å². The van der Waals surface area contributed by atoms with Crippen molar-refractivity contribution in [3.05, 3.63) is 17.3 Å². The smallest absolute Gasteiger partial charge is 0.477 e. The molecule has 0 bridgehead atoms. The number of aromatic carboxylic acids is 1. The van der Waals surface area contributed by atoms with Gasteiger partial charge in [0.2, 0.25) is 5.88 Å². The average molecular weight is 247 g/mol. The van der Waals surface area contributed by atoms with E-state index in [0.717, 1.165) is 6.07 Å². The number of nitrogens with zero attached hydrogens (tertiary/aromatic N) is 2. The Morgan fingerprint density at radius 1 is 1.59 bits per heavy atom. The first kappa shape index (κ1) is 12.6. The molecule has 0 fully saturated rings. The average Bonchev–Trinajstić information content (AvgIpc) is 2.18. The zero-order valence-electron chi connectivity index (χ0n) is 7.95. The van der Waals surface area contributed by atoms with E-state index in [1.54, 1.807) is 0 Å². The molecular weight excluding hydrogens is 243 g/mol. The van der Waals surface area contributed by atoms with E-state index in [9.17, 15) is 18.0 Å². The van der Waals surface area contributed by atoms with Crippen LogP contribution < -0.4 is 10.5 Å². The van der Waals surface area contributed by atoms with Gasteiger partial charge in [0.25, 0.3) is 0 Å². The van der Waals surface area contributed by atoms with Gasteiger partial charge in [-0.15, -0.1) is 13.2 Å². The van der Waals surface area contributed by atoms with Gasteiger partial charge < -0.3 is 15.6 Å². The second-order valence-corrected chi connectivity index (χ2v) is 2.74. The zero-order valence-corrected chi connectivity index (χ0v) is 7.95. The highest BCUT2D eigenvalue weighted by molar-refractivity contribution is 5.87. The van der Waals surface area contributed by atoms with Crippen molar-refractivity contribution < 1.29 is 27.8 Å². The van der Waals surface area contributed by atoms with E-state index in [4.69, 9.17) is 16.1 Å². The second-order valence-electron chi connectivity index (χ2n) is 2.74. The van der Waals surface area contributed by atoms with Crippen molar-refractivity contribution in [1.29, 1.82) is 5.26 Å². The van der Waals surface area contributed by atoms with Gasteiger partial charge in [-0.05, 0) is 6.07 Å². The molecule has 1 heterocycles. The Kier molecular flexibility index (Phi) is 3.08. The summed E-state index contributed by atoms with van der Waals surface area (Å²) in [7, 11) is 0. The first-order valence-corrected chi connectivity index (χ1v) is 3.94. The number of ether oxygens (including phenoxy) is 1. The molecule has 1 aromatic heterocycles. The van der Waals surface area contributed by atoms with Crippen LogP contribution in [-0.4, -0.2) is 22.4 Å². The molecule has 0 saturated heterocycles. The fraction of sp³-hybridized carbons (Fsp3) is 0.125. The van der Waals surface area contributed by atoms with Crippen LogP contribution in [0.1, 0.15) is 16.1 Å². The van der Waals surface area contributed by atoms with Crippen molar-refractivity contribution in [3.8, 4) is 11.9 Å². The molecule has 0 spiro atoms. The number of nitrogens with two attached hydrogens (primary N) is 1.